The molecule has 1 aromatic heterocycles. The quantitative estimate of drug-likeness (QED) is 0.572. The van der Waals surface area contributed by atoms with Gasteiger partial charge in [0.1, 0.15) is 18.7 Å². The monoisotopic (exact) mass is 320 g/mol. The average molecular weight is 320 g/mol. The van der Waals surface area contributed by atoms with E-state index in [1.54, 1.807) is 11.0 Å². The molecule has 0 bridgehead atoms. The summed E-state index contributed by atoms with van der Waals surface area (Å²) in [5.41, 5.74) is 2.46. The van der Waals surface area contributed by atoms with Gasteiger partial charge in [0, 0.05) is 17.8 Å². The lowest BCUT2D eigenvalue weighted by atomic mass is 10.1. The van der Waals surface area contributed by atoms with E-state index in [1.807, 2.05) is 30.3 Å². The van der Waals surface area contributed by atoms with Crippen LogP contribution in [0.3, 0.4) is 0 Å². The number of hydrogen-bond donors (Lipinski definition) is 1. The molecule has 1 N–H and O–H groups in total. The fraction of sp³-hybridized carbons (Fsp3) is 0.0625. The van der Waals surface area contributed by atoms with Crippen molar-refractivity contribution in [2.24, 2.45) is 0 Å². The summed E-state index contributed by atoms with van der Waals surface area (Å²) in [6, 6.07) is 13.7. The molecule has 0 aliphatic carbocycles. The second-order valence-electron chi connectivity index (χ2n) is 5.01. The summed E-state index contributed by atoms with van der Waals surface area (Å²) in [4.78, 5) is 14.1. The van der Waals surface area contributed by atoms with Crippen LogP contribution in [0.5, 0.6) is 0 Å². The zero-order valence-electron chi connectivity index (χ0n) is 12.5. The molecule has 0 fully saturated rings. The van der Waals surface area contributed by atoms with Crippen LogP contribution >= 0.6 is 0 Å². The van der Waals surface area contributed by atoms with Crippen molar-refractivity contribution in [3.8, 4) is 6.07 Å². The van der Waals surface area contributed by atoms with E-state index in [1.165, 1.54) is 24.5 Å². The largest absolute Gasteiger partial charge is 0.354 e. The van der Waals surface area contributed by atoms with E-state index in [9.17, 15) is 10.1 Å². The van der Waals surface area contributed by atoms with Gasteiger partial charge in [0.15, 0.2) is 0 Å². The molecule has 0 aliphatic rings. The Morgan fingerprint density at radius 3 is 2.67 bits per heavy atom. The molecule has 3 rings (SSSR count). The van der Waals surface area contributed by atoms with Crippen LogP contribution in [0.2, 0.25) is 0 Å². The Kier molecular flexibility index (Phi) is 4.16. The SMILES string of the molecule is N#Cc1cc([N+](=O)[O-])ccc1Nc1ccc(Cn2cncn2)cc1. The first-order valence-electron chi connectivity index (χ1n) is 7.02. The van der Waals surface area contributed by atoms with Crippen molar-refractivity contribution in [2.45, 2.75) is 6.54 Å². The molecule has 0 unspecified atom stereocenters. The highest BCUT2D eigenvalue weighted by Gasteiger charge is 2.10. The van der Waals surface area contributed by atoms with Gasteiger partial charge >= 0.3 is 0 Å². The molecule has 0 saturated carbocycles. The minimum atomic E-state index is -0.524. The summed E-state index contributed by atoms with van der Waals surface area (Å²) in [7, 11) is 0. The minimum Gasteiger partial charge on any atom is -0.354 e. The summed E-state index contributed by atoms with van der Waals surface area (Å²) in [5, 5.41) is 27.1. The fourth-order valence-corrected chi connectivity index (χ4v) is 2.20. The Balaban J connectivity index is 1.76. The number of non-ortho nitro benzene ring substituents is 1. The van der Waals surface area contributed by atoms with Gasteiger partial charge in [-0.1, -0.05) is 12.1 Å². The smallest absolute Gasteiger partial charge is 0.270 e. The van der Waals surface area contributed by atoms with Crippen LogP contribution in [0.25, 0.3) is 0 Å². The molecule has 0 spiro atoms. The summed E-state index contributed by atoms with van der Waals surface area (Å²) < 4.78 is 1.71. The van der Waals surface area contributed by atoms with Gasteiger partial charge in [0.05, 0.1) is 22.7 Å². The van der Waals surface area contributed by atoms with Gasteiger partial charge in [-0.15, -0.1) is 0 Å². The molecule has 8 nitrogen and oxygen atoms in total. The Morgan fingerprint density at radius 2 is 2.04 bits per heavy atom. The topological polar surface area (TPSA) is 110 Å². The number of aromatic nitrogens is 3. The Morgan fingerprint density at radius 1 is 1.25 bits per heavy atom. The molecule has 0 aliphatic heterocycles. The number of hydrogen-bond acceptors (Lipinski definition) is 6. The van der Waals surface area contributed by atoms with Gasteiger partial charge in [0.25, 0.3) is 5.69 Å². The molecule has 2 aromatic carbocycles. The zero-order chi connectivity index (χ0) is 16.9. The standard InChI is InChI=1S/C16H12N6O2/c17-8-13-7-15(22(23)24)5-6-16(13)20-14-3-1-12(2-4-14)9-21-11-18-10-19-21/h1-7,10-11,20H,9H2. The number of nitriles is 1. The summed E-state index contributed by atoms with van der Waals surface area (Å²) >= 11 is 0. The van der Waals surface area contributed by atoms with Crippen molar-refractivity contribution in [1.29, 1.82) is 5.26 Å². The van der Waals surface area contributed by atoms with E-state index < -0.39 is 4.92 Å². The number of benzene rings is 2. The van der Waals surface area contributed by atoms with Crippen molar-refractivity contribution in [3.05, 3.63) is 76.4 Å². The highest BCUT2D eigenvalue weighted by Crippen LogP contribution is 2.25. The second-order valence-corrected chi connectivity index (χ2v) is 5.01. The van der Waals surface area contributed by atoms with E-state index in [-0.39, 0.29) is 11.3 Å². The molecule has 0 saturated heterocycles. The summed E-state index contributed by atoms with van der Waals surface area (Å²) in [5.74, 6) is 0. The highest BCUT2D eigenvalue weighted by molar-refractivity contribution is 5.68. The first kappa shape index (κ1) is 15.2. The van der Waals surface area contributed by atoms with Crippen molar-refractivity contribution in [2.75, 3.05) is 5.32 Å². The number of rotatable bonds is 5. The molecule has 0 radical (unpaired) electrons. The molecule has 0 atom stereocenters. The lowest BCUT2D eigenvalue weighted by Gasteiger charge is -2.09. The molecule has 0 amide bonds. The van der Waals surface area contributed by atoms with Gasteiger partial charge in [0.2, 0.25) is 0 Å². The highest BCUT2D eigenvalue weighted by atomic mass is 16.6. The number of nitrogens with zero attached hydrogens (tertiary/aromatic N) is 5. The van der Waals surface area contributed by atoms with Gasteiger partial charge in [-0.25, -0.2) is 9.67 Å². The molecular weight excluding hydrogens is 308 g/mol. The fourth-order valence-electron chi connectivity index (χ4n) is 2.20. The van der Waals surface area contributed by atoms with E-state index in [0.717, 1.165) is 11.3 Å². The molecule has 24 heavy (non-hydrogen) atoms. The van der Waals surface area contributed by atoms with Crippen molar-refractivity contribution in [1.82, 2.24) is 14.8 Å². The molecule has 3 aromatic rings. The number of anilines is 2. The van der Waals surface area contributed by atoms with Crippen LogP contribution in [0.1, 0.15) is 11.1 Å². The van der Waals surface area contributed by atoms with Gasteiger partial charge in [-0.3, -0.25) is 10.1 Å². The second kappa shape index (κ2) is 6.58. The van der Waals surface area contributed by atoms with Crippen LogP contribution in [-0.2, 0) is 6.54 Å². The van der Waals surface area contributed by atoms with Crippen LogP contribution in [0, 0.1) is 21.4 Å². The van der Waals surface area contributed by atoms with Crippen molar-refractivity contribution < 1.29 is 4.92 Å². The molecule has 1 heterocycles. The van der Waals surface area contributed by atoms with E-state index in [4.69, 9.17) is 5.26 Å². The summed E-state index contributed by atoms with van der Waals surface area (Å²) in [6.45, 7) is 0.612. The predicted octanol–water partition coefficient (Wildman–Crippen LogP) is 2.85. The molecule has 118 valence electrons. The predicted molar refractivity (Wildman–Crippen MR) is 86.7 cm³/mol. The normalized spacial score (nSPS) is 10.1. The lowest BCUT2D eigenvalue weighted by Crippen LogP contribution is -2.00. The number of nitro benzene ring substituents is 1. The van der Waals surface area contributed by atoms with Gasteiger partial charge < -0.3 is 5.32 Å². The maximum absolute atomic E-state index is 10.8. The minimum absolute atomic E-state index is 0.111. The third-order valence-electron chi connectivity index (χ3n) is 3.38. The van der Waals surface area contributed by atoms with Crippen LogP contribution in [0.15, 0.2) is 55.1 Å². The van der Waals surface area contributed by atoms with Gasteiger partial charge in [-0.2, -0.15) is 10.4 Å². The Bertz CT molecular complexity index is 897. The summed E-state index contributed by atoms with van der Waals surface area (Å²) in [6.07, 6.45) is 3.12. The lowest BCUT2D eigenvalue weighted by molar-refractivity contribution is -0.384. The van der Waals surface area contributed by atoms with E-state index in [2.05, 4.69) is 15.4 Å². The molecule has 8 heteroatoms. The zero-order valence-corrected chi connectivity index (χ0v) is 12.5. The van der Waals surface area contributed by atoms with Crippen molar-refractivity contribution >= 4 is 17.1 Å². The first-order chi connectivity index (χ1) is 11.7. The Labute approximate surface area is 137 Å². The number of nitrogens with one attached hydrogen (secondary N) is 1. The number of nitro groups is 1. The third-order valence-corrected chi connectivity index (χ3v) is 3.38. The van der Waals surface area contributed by atoms with E-state index >= 15 is 0 Å². The maximum atomic E-state index is 10.8. The maximum Gasteiger partial charge on any atom is 0.270 e. The molecular formula is C16H12N6O2. The van der Waals surface area contributed by atoms with E-state index in [0.29, 0.717) is 12.2 Å². The Hall–Kier alpha value is -3.73. The van der Waals surface area contributed by atoms with Crippen LogP contribution in [-0.4, -0.2) is 19.7 Å². The van der Waals surface area contributed by atoms with Crippen LogP contribution in [0.4, 0.5) is 17.1 Å². The average Bonchev–Trinajstić information content (AvgIpc) is 3.10. The van der Waals surface area contributed by atoms with Crippen molar-refractivity contribution in [3.63, 3.8) is 0 Å². The third kappa shape index (κ3) is 3.36. The van der Waals surface area contributed by atoms with Crippen LogP contribution < -0.4 is 5.32 Å². The van der Waals surface area contributed by atoms with Gasteiger partial charge in [-0.05, 0) is 23.8 Å². The first-order valence-corrected chi connectivity index (χ1v) is 7.02.